The summed E-state index contributed by atoms with van der Waals surface area (Å²) < 4.78 is 35.0. The van der Waals surface area contributed by atoms with Crippen LogP contribution in [-0.4, -0.2) is 31.0 Å². The number of aromatic nitrogens is 2. The third-order valence-electron chi connectivity index (χ3n) is 3.81. The van der Waals surface area contributed by atoms with E-state index in [9.17, 15) is 13.2 Å². The van der Waals surface area contributed by atoms with Crippen molar-refractivity contribution < 1.29 is 17.9 Å². The third-order valence-corrected chi connectivity index (χ3v) is 6.30. The molecule has 7 nitrogen and oxygen atoms in total. The van der Waals surface area contributed by atoms with E-state index in [1.165, 1.54) is 13.2 Å². The molecule has 2 aromatic heterocycles. The number of methoxy groups -OCH3 is 1. The molecule has 0 aliphatic carbocycles. The van der Waals surface area contributed by atoms with Crippen LogP contribution in [0, 0.1) is 0 Å². The van der Waals surface area contributed by atoms with Crippen LogP contribution in [0.3, 0.4) is 0 Å². The molecule has 0 bridgehead atoms. The number of hydrogen-bond acceptors (Lipinski definition) is 6. The van der Waals surface area contributed by atoms with Crippen molar-refractivity contribution in [2.24, 2.45) is 7.05 Å². The zero-order valence-electron chi connectivity index (χ0n) is 14.1. The largest absolute Gasteiger partial charge is 0.465 e. The van der Waals surface area contributed by atoms with Gasteiger partial charge in [0.05, 0.1) is 7.11 Å². The number of aryl methyl sites for hydroxylation is 1. The number of rotatable bonds is 6. The highest BCUT2D eigenvalue weighted by molar-refractivity contribution is 7.89. The molecule has 0 saturated carbocycles. The molecule has 1 atom stereocenters. The van der Waals surface area contributed by atoms with Gasteiger partial charge in [-0.1, -0.05) is 30.3 Å². The van der Waals surface area contributed by atoms with E-state index in [1.807, 2.05) is 30.3 Å². The molecule has 26 heavy (non-hydrogen) atoms. The number of carbonyl (C=O) groups is 1. The predicted octanol–water partition coefficient (Wildman–Crippen LogP) is 2.34. The van der Waals surface area contributed by atoms with E-state index < -0.39 is 22.0 Å². The number of nitrogens with one attached hydrogen (secondary N) is 1. The van der Waals surface area contributed by atoms with Gasteiger partial charge in [-0.05, 0) is 17.0 Å². The van der Waals surface area contributed by atoms with Gasteiger partial charge < -0.3 is 9.30 Å². The Labute approximate surface area is 155 Å². The second-order valence-corrected chi connectivity index (χ2v) is 8.07. The maximum absolute atomic E-state index is 13.0. The van der Waals surface area contributed by atoms with Gasteiger partial charge >= 0.3 is 5.97 Å². The zero-order chi connectivity index (χ0) is 18.7. The van der Waals surface area contributed by atoms with Crippen LogP contribution in [-0.2, 0) is 21.8 Å². The Morgan fingerprint density at radius 1 is 1.27 bits per heavy atom. The lowest BCUT2D eigenvalue weighted by atomic mass is 10.1. The number of sulfonamides is 1. The fourth-order valence-electron chi connectivity index (χ4n) is 2.54. The summed E-state index contributed by atoms with van der Waals surface area (Å²) in [7, 11) is -0.983. The van der Waals surface area contributed by atoms with Crippen molar-refractivity contribution in [1.29, 1.82) is 0 Å². The Balaban J connectivity index is 2.04. The first kappa shape index (κ1) is 18.3. The number of hydrogen-bond donors (Lipinski definition) is 1. The first-order valence-corrected chi connectivity index (χ1v) is 10.0. The monoisotopic (exact) mass is 391 g/mol. The molecule has 0 spiro atoms. The summed E-state index contributed by atoms with van der Waals surface area (Å²) in [6.07, 6.45) is 3.34. The van der Waals surface area contributed by atoms with Crippen LogP contribution >= 0.6 is 11.3 Å². The quantitative estimate of drug-likeness (QED) is 0.652. The SMILES string of the molecule is COC(=O)c1sccc1S(=O)(=O)NC(c1ccccc1)c1nccn1C. The molecule has 3 aromatic rings. The summed E-state index contributed by atoms with van der Waals surface area (Å²) >= 11 is 1.02. The van der Waals surface area contributed by atoms with E-state index in [1.54, 1.807) is 29.4 Å². The van der Waals surface area contributed by atoms with Crippen molar-refractivity contribution in [3.63, 3.8) is 0 Å². The fraction of sp³-hybridized carbons (Fsp3) is 0.176. The molecule has 0 fully saturated rings. The normalized spacial score (nSPS) is 12.7. The minimum Gasteiger partial charge on any atom is -0.465 e. The number of ether oxygens (including phenoxy) is 1. The smallest absolute Gasteiger partial charge is 0.349 e. The van der Waals surface area contributed by atoms with Crippen LogP contribution in [0.5, 0.6) is 0 Å². The first-order valence-electron chi connectivity index (χ1n) is 7.64. The minimum atomic E-state index is -3.99. The summed E-state index contributed by atoms with van der Waals surface area (Å²) in [6, 6.07) is 9.81. The molecule has 3 rings (SSSR count). The molecule has 9 heteroatoms. The zero-order valence-corrected chi connectivity index (χ0v) is 15.8. The Morgan fingerprint density at radius 2 is 2.00 bits per heavy atom. The number of carbonyl (C=O) groups excluding carboxylic acids is 1. The lowest BCUT2D eigenvalue weighted by molar-refractivity contribution is 0.0602. The van der Waals surface area contributed by atoms with E-state index >= 15 is 0 Å². The average Bonchev–Trinajstić information content (AvgIpc) is 3.29. The topological polar surface area (TPSA) is 90.3 Å². The summed E-state index contributed by atoms with van der Waals surface area (Å²) in [4.78, 5) is 16.1. The van der Waals surface area contributed by atoms with Gasteiger partial charge in [0, 0.05) is 19.4 Å². The fourth-order valence-corrected chi connectivity index (χ4v) is 5.06. The van der Waals surface area contributed by atoms with Gasteiger partial charge in [-0.25, -0.2) is 18.2 Å². The molecule has 0 amide bonds. The lowest BCUT2D eigenvalue weighted by Gasteiger charge is -2.19. The van der Waals surface area contributed by atoms with E-state index in [-0.39, 0.29) is 9.77 Å². The van der Waals surface area contributed by atoms with E-state index in [4.69, 9.17) is 0 Å². The molecule has 0 saturated heterocycles. The maximum Gasteiger partial charge on any atom is 0.349 e. The van der Waals surface area contributed by atoms with Crippen LogP contribution in [0.2, 0.25) is 0 Å². The highest BCUT2D eigenvalue weighted by Gasteiger charge is 2.30. The number of nitrogens with zero attached hydrogens (tertiary/aromatic N) is 2. The van der Waals surface area contributed by atoms with Crippen molar-refractivity contribution in [3.8, 4) is 0 Å². The lowest BCUT2D eigenvalue weighted by Crippen LogP contribution is -2.31. The van der Waals surface area contributed by atoms with Crippen molar-refractivity contribution in [2.75, 3.05) is 7.11 Å². The molecule has 0 aliphatic heterocycles. The molecule has 1 N–H and O–H groups in total. The highest BCUT2D eigenvalue weighted by Crippen LogP contribution is 2.27. The van der Waals surface area contributed by atoms with Crippen molar-refractivity contribution in [1.82, 2.24) is 14.3 Å². The number of thiophene rings is 1. The molecular formula is C17H17N3O4S2. The van der Waals surface area contributed by atoms with Crippen LogP contribution in [0.15, 0.2) is 59.1 Å². The summed E-state index contributed by atoms with van der Waals surface area (Å²) in [5.41, 5.74) is 0.736. The molecule has 0 radical (unpaired) electrons. The maximum atomic E-state index is 13.0. The second kappa shape index (κ2) is 7.40. The standard InChI is InChI=1S/C17H17N3O4S2/c1-20-10-9-18-16(20)14(12-6-4-3-5-7-12)19-26(22,23)13-8-11-25-15(13)17(21)24-2/h3-11,14,19H,1-2H3. The van der Waals surface area contributed by atoms with Gasteiger partial charge in [0.15, 0.2) is 0 Å². The van der Waals surface area contributed by atoms with Crippen LogP contribution in [0.25, 0.3) is 0 Å². The van der Waals surface area contributed by atoms with Crippen molar-refractivity contribution in [3.05, 3.63) is 70.4 Å². The Kier molecular flexibility index (Phi) is 5.21. The van der Waals surface area contributed by atoms with E-state index in [0.29, 0.717) is 5.82 Å². The van der Waals surface area contributed by atoms with Gasteiger partial charge in [-0.2, -0.15) is 4.72 Å². The Morgan fingerprint density at radius 3 is 2.62 bits per heavy atom. The third kappa shape index (κ3) is 3.55. The molecule has 1 unspecified atom stereocenters. The van der Waals surface area contributed by atoms with Gasteiger partial charge in [-0.3, -0.25) is 0 Å². The van der Waals surface area contributed by atoms with Crippen LogP contribution in [0.1, 0.15) is 27.1 Å². The minimum absolute atomic E-state index is 0.0339. The van der Waals surface area contributed by atoms with E-state index in [2.05, 4.69) is 14.4 Å². The summed E-state index contributed by atoms with van der Waals surface area (Å²) in [5.74, 6) is -0.150. The molecule has 2 heterocycles. The molecule has 136 valence electrons. The second-order valence-electron chi connectivity index (χ2n) is 5.47. The van der Waals surface area contributed by atoms with E-state index in [0.717, 1.165) is 16.9 Å². The Bertz CT molecular complexity index is 1010. The number of imidazole rings is 1. The predicted molar refractivity (Wildman–Crippen MR) is 97.5 cm³/mol. The van der Waals surface area contributed by atoms with Gasteiger partial charge in [0.25, 0.3) is 0 Å². The van der Waals surface area contributed by atoms with Crippen LogP contribution in [0.4, 0.5) is 0 Å². The summed E-state index contributed by atoms with van der Waals surface area (Å²) in [6.45, 7) is 0. The van der Waals surface area contributed by atoms with Gasteiger partial charge in [0.2, 0.25) is 10.0 Å². The molecule has 0 aliphatic rings. The number of benzene rings is 1. The molecule has 1 aromatic carbocycles. The van der Waals surface area contributed by atoms with Gasteiger partial charge in [0.1, 0.15) is 21.6 Å². The average molecular weight is 391 g/mol. The van der Waals surface area contributed by atoms with Crippen molar-refractivity contribution in [2.45, 2.75) is 10.9 Å². The highest BCUT2D eigenvalue weighted by atomic mass is 32.2. The number of esters is 1. The van der Waals surface area contributed by atoms with Gasteiger partial charge in [-0.15, -0.1) is 11.3 Å². The summed E-state index contributed by atoms with van der Waals surface area (Å²) in [5, 5.41) is 1.54. The van der Waals surface area contributed by atoms with Crippen molar-refractivity contribution >= 4 is 27.3 Å². The van der Waals surface area contributed by atoms with Crippen LogP contribution < -0.4 is 4.72 Å². The molecular weight excluding hydrogens is 374 g/mol. The first-order chi connectivity index (χ1) is 12.4. The Hall–Kier alpha value is -2.49.